The van der Waals surface area contributed by atoms with Gasteiger partial charge in [0.1, 0.15) is 5.75 Å². The molecule has 1 atom stereocenters. The Balaban J connectivity index is 1.41. The number of hydrogen-bond donors (Lipinski definition) is 0. The standard InChI is InChI=1S/C55H49NO/c1-8-11-13-22-38(4)44-36-35-42(37-50(44)54(5,6)7)56(41-33-31-40(32-34-41)39-23-14-12-15-24-39)51-29-20-28-49-53(51)57-52-30-19-18-27-48(52)55(49)46(21-9-2)43(10-3)45-25-16-17-26-47(45)55/h8-37H,3-4H2,1-2,5-7H3/b11-8-,21-9-,22-13-. The summed E-state index contributed by atoms with van der Waals surface area (Å²) in [4.78, 5) is 2.36. The van der Waals surface area contributed by atoms with Crippen molar-refractivity contribution in [3.8, 4) is 22.6 Å². The molecule has 280 valence electrons. The Labute approximate surface area is 338 Å². The molecule has 0 N–H and O–H groups in total. The van der Waals surface area contributed by atoms with Crippen LogP contribution in [0.25, 0.3) is 22.3 Å². The third kappa shape index (κ3) is 6.32. The number of rotatable bonds is 9. The third-order valence-electron chi connectivity index (χ3n) is 11.2. The second-order valence-corrected chi connectivity index (χ2v) is 15.7. The molecule has 57 heavy (non-hydrogen) atoms. The maximum absolute atomic E-state index is 7.19. The van der Waals surface area contributed by atoms with E-state index in [-0.39, 0.29) is 5.41 Å². The summed E-state index contributed by atoms with van der Waals surface area (Å²) in [5, 5.41) is 0. The number of fused-ring (bicyclic) bond motifs is 6. The summed E-state index contributed by atoms with van der Waals surface area (Å²) in [6.45, 7) is 19.8. The first kappa shape index (κ1) is 37.3. The van der Waals surface area contributed by atoms with Crippen molar-refractivity contribution in [2.45, 2.75) is 45.4 Å². The summed E-state index contributed by atoms with van der Waals surface area (Å²) in [5.41, 5.74) is 14.9. The fourth-order valence-corrected chi connectivity index (χ4v) is 8.75. The second-order valence-electron chi connectivity index (χ2n) is 15.7. The first-order valence-electron chi connectivity index (χ1n) is 19.8. The van der Waals surface area contributed by atoms with Crippen LogP contribution in [0, 0.1) is 0 Å². The van der Waals surface area contributed by atoms with Crippen LogP contribution in [0.4, 0.5) is 17.1 Å². The quantitative estimate of drug-likeness (QED) is 0.137. The van der Waals surface area contributed by atoms with Crippen molar-refractivity contribution in [1.82, 2.24) is 0 Å². The van der Waals surface area contributed by atoms with Crippen LogP contribution in [0.3, 0.4) is 0 Å². The van der Waals surface area contributed by atoms with Crippen molar-refractivity contribution in [3.05, 3.63) is 234 Å². The topological polar surface area (TPSA) is 12.5 Å². The number of ether oxygens (including phenoxy) is 1. The van der Waals surface area contributed by atoms with Gasteiger partial charge in [-0.05, 0) is 106 Å². The number of para-hydroxylation sites is 2. The molecule has 2 aliphatic rings. The van der Waals surface area contributed by atoms with Crippen LogP contribution in [-0.2, 0) is 10.8 Å². The molecule has 2 heteroatoms. The second kappa shape index (κ2) is 15.1. The van der Waals surface area contributed by atoms with Crippen LogP contribution >= 0.6 is 0 Å². The molecular formula is C55H49NO. The molecule has 0 bridgehead atoms. The van der Waals surface area contributed by atoms with E-state index in [1.807, 2.05) is 25.2 Å². The van der Waals surface area contributed by atoms with E-state index in [0.29, 0.717) is 0 Å². The van der Waals surface area contributed by atoms with E-state index < -0.39 is 5.41 Å². The molecule has 1 spiro atoms. The minimum Gasteiger partial charge on any atom is -0.454 e. The molecule has 6 aromatic carbocycles. The molecule has 1 unspecified atom stereocenters. The van der Waals surface area contributed by atoms with Gasteiger partial charge in [0.05, 0.1) is 11.1 Å². The van der Waals surface area contributed by atoms with Crippen molar-refractivity contribution < 1.29 is 4.74 Å². The minimum atomic E-state index is -0.632. The van der Waals surface area contributed by atoms with Gasteiger partial charge in [0, 0.05) is 22.5 Å². The Kier molecular flexibility index (Phi) is 9.90. The zero-order valence-electron chi connectivity index (χ0n) is 33.6. The predicted octanol–water partition coefficient (Wildman–Crippen LogP) is 15.2. The summed E-state index contributed by atoms with van der Waals surface area (Å²) in [5.74, 6) is 1.67. The highest BCUT2D eigenvalue weighted by Crippen LogP contribution is 2.63. The lowest BCUT2D eigenvalue weighted by molar-refractivity contribution is 0.437. The molecular weight excluding hydrogens is 691 g/mol. The molecule has 0 aromatic heterocycles. The molecule has 6 aromatic rings. The molecule has 0 amide bonds. The maximum Gasteiger partial charge on any atom is 0.156 e. The van der Waals surface area contributed by atoms with Gasteiger partial charge < -0.3 is 9.64 Å². The van der Waals surface area contributed by atoms with Crippen molar-refractivity contribution in [2.24, 2.45) is 0 Å². The van der Waals surface area contributed by atoms with Crippen molar-refractivity contribution in [1.29, 1.82) is 0 Å². The summed E-state index contributed by atoms with van der Waals surface area (Å²) in [6, 6.07) is 50.2. The van der Waals surface area contributed by atoms with Crippen molar-refractivity contribution in [3.63, 3.8) is 0 Å². The molecule has 1 aliphatic carbocycles. The maximum atomic E-state index is 7.19. The average Bonchev–Trinajstić information content (AvgIpc) is 3.50. The first-order chi connectivity index (χ1) is 27.7. The van der Waals surface area contributed by atoms with Gasteiger partial charge in [-0.1, -0.05) is 180 Å². The van der Waals surface area contributed by atoms with Crippen LogP contribution < -0.4 is 9.64 Å². The molecule has 1 heterocycles. The lowest BCUT2D eigenvalue weighted by Crippen LogP contribution is -2.33. The molecule has 0 saturated heterocycles. The molecule has 2 nitrogen and oxygen atoms in total. The highest BCUT2D eigenvalue weighted by atomic mass is 16.5. The predicted molar refractivity (Wildman–Crippen MR) is 243 cm³/mol. The van der Waals surface area contributed by atoms with Crippen LogP contribution in [0.2, 0.25) is 0 Å². The summed E-state index contributed by atoms with van der Waals surface area (Å²) in [6.07, 6.45) is 14.6. The van der Waals surface area contributed by atoms with E-state index in [4.69, 9.17) is 4.74 Å². The van der Waals surface area contributed by atoms with Crippen LogP contribution in [0.15, 0.2) is 201 Å². The minimum absolute atomic E-state index is 0.165. The van der Waals surface area contributed by atoms with Gasteiger partial charge in [0.2, 0.25) is 0 Å². The smallest absolute Gasteiger partial charge is 0.156 e. The van der Waals surface area contributed by atoms with Gasteiger partial charge >= 0.3 is 0 Å². The van der Waals surface area contributed by atoms with Gasteiger partial charge in [-0.3, -0.25) is 0 Å². The summed E-state index contributed by atoms with van der Waals surface area (Å²) >= 11 is 0. The zero-order chi connectivity index (χ0) is 39.7. The number of benzene rings is 6. The fourth-order valence-electron chi connectivity index (χ4n) is 8.75. The van der Waals surface area contributed by atoms with Gasteiger partial charge in [0.15, 0.2) is 5.75 Å². The SMILES string of the molecule is C=CC1=C(/C=C\C)C2(c3ccccc3Oc3c(N(c4ccc(-c5ccccc5)cc4)c4ccc(C(=C)/C=C\C=C/C)c(C(C)(C)C)c4)cccc32)c2ccccc21. The van der Waals surface area contributed by atoms with Gasteiger partial charge in [-0.15, -0.1) is 0 Å². The monoisotopic (exact) mass is 739 g/mol. The Morgan fingerprint density at radius 2 is 1.33 bits per heavy atom. The van der Waals surface area contributed by atoms with Gasteiger partial charge in [-0.2, -0.15) is 0 Å². The largest absolute Gasteiger partial charge is 0.454 e. The van der Waals surface area contributed by atoms with E-state index in [2.05, 4.69) is 210 Å². The van der Waals surface area contributed by atoms with Gasteiger partial charge in [-0.25, -0.2) is 0 Å². The molecule has 8 rings (SSSR count). The van der Waals surface area contributed by atoms with Crippen LogP contribution in [-0.4, -0.2) is 0 Å². The molecule has 1 aliphatic heterocycles. The van der Waals surface area contributed by atoms with E-state index >= 15 is 0 Å². The lowest BCUT2D eigenvalue weighted by Gasteiger charge is -2.42. The average molecular weight is 740 g/mol. The Morgan fingerprint density at radius 1 is 0.667 bits per heavy atom. The highest BCUT2D eigenvalue weighted by molar-refractivity contribution is 5.95. The molecule has 0 fully saturated rings. The molecule has 0 saturated carbocycles. The van der Waals surface area contributed by atoms with E-state index in [1.165, 1.54) is 27.8 Å². The van der Waals surface area contributed by atoms with Gasteiger partial charge in [0.25, 0.3) is 0 Å². The number of allylic oxidation sites excluding steroid dienone is 10. The van der Waals surface area contributed by atoms with Crippen molar-refractivity contribution >= 4 is 28.2 Å². The first-order valence-corrected chi connectivity index (χ1v) is 19.8. The number of anilines is 3. The normalized spacial score (nSPS) is 15.9. The third-order valence-corrected chi connectivity index (χ3v) is 11.2. The van der Waals surface area contributed by atoms with Crippen molar-refractivity contribution in [2.75, 3.05) is 4.90 Å². The highest BCUT2D eigenvalue weighted by Gasteiger charge is 2.52. The van der Waals surface area contributed by atoms with Crippen LogP contribution in [0.5, 0.6) is 11.5 Å². The number of hydrogen-bond acceptors (Lipinski definition) is 2. The fraction of sp³-hybridized carbons (Fsp3) is 0.127. The van der Waals surface area contributed by atoms with E-state index in [9.17, 15) is 0 Å². The lowest BCUT2D eigenvalue weighted by atomic mass is 9.65. The summed E-state index contributed by atoms with van der Waals surface area (Å²) < 4.78 is 7.19. The Morgan fingerprint density at radius 3 is 2.05 bits per heavy atom. The Bertz CT molecular complexity index is 2630. The van der Waals surface area contributed by atoms with E-state index in [0.717, 1.165) is 62.0 Å². The molecule has 0 radical (unpaired) electrons. The van der Waals surface area contributed by atoms with E-state index in [1.54, 1.807) is 0 Å². The summed E-state index contributed by atoms with van der Waals surface area (Å²) in [7, 11) is 0. The van der Waals surface area contributed by atoms with Crippen LogP contribution in [0.1, 0.15) is 68.0 Å². The number of nitrogens with zero attached hydrogens (tertiary/aromatic N) is 1. The zero-order valence-corrected chi connectivity index (χ0v) is 33.6. The Hall–Kier alpha value is -6.64.